The summed E-state index contributed by atoms with van der Waals surface area (Å²) in [4.78, 5) is 23.9. The second kappa shape index (κ2) is 7.54. The van der Waals surface area contributed by atoms with E-state index >= 15 is 0 Å². The van der Waals surface area contributed by atoms with E-state index in [-0.39, 0.29) is 11.7 Å². The molecule has 0 unspecified atom stereocenters. The summed E-state index contributed by atoms with van der Waals surface area (Å²) in [6, 6.07) is 0.278. The van der Waals surface area contributed by atoms with E-state index in [1.165, 1.54) is 6.20 Å². The van der Waals surface area contributed by atoms with Crippen molar-refractivity contribution in [3.8, 4) is 10.6 Å². The highest BCUT2D eigenvalue weighted by Crippen LogP contribution is 2.30. The van der Waals surface area contributed by atoms with E-state index in [0.717, 1.165) is 37.3 Å². The molecule has 0 atom stereocenters. The molecular formula is C15H18FN5OS2. The number of halogens is 1. The third kappa shape index (κ3) is 3.73. The van der Waals surface area contributed by atoms with Crippen molar-refractivity contribution in [3.05, 3.63) is 22.7 Å². The van der Waals surface area contributed by atoms with Crippen LogP contribution in [0.2, 0.25) is 0 Å². The van der Waals surface area contributed by atoms with E-state index in [1.807, 2.05) is 0 Å². The Morgan fingerprint density at radius 2 is 2.17 bits per heavy atom. The summed E-state index contributed by atoms with van der Waals surface area (Å²) in [7, 11) is 0. The van der Waals surface area contributed by atoms with Crippen LogP contribution in [0.1, 0.15) is 28.3 Å². The molecule has 24 heavy (non-hydrogen) atoms. The molecule has 0 spiro atoms. The largest absolute Gasteiger partial charge is 0.351 e. The van der Waals surface area contributed by atoms with Crippen LogP contribution < -0.4 is 5.32 Å². The normalized spacial score (nSPS) is 16.3. The van der Waals surface area contributed by atoms with Crippen molar-refractivity contribution < 1.29 is 9.18 Å². The summed E-state index contributed by atoms with van der Waals surface area (Å²) in [6.07, 6.45) is 5.89. The van der Waals surface area contributed by atoms with Crippen molar-refractivity contribution in [2.24, 2.45) is 0 Å². The lowest BCUT2D eigenvalue weighted by atomic mass is 10.1. The van der Waals surface area contributed by atoms with E-state index in [0.29, 0.717) is 27.8 Å². The lowest BCUT2D eigenvalue weighted by molar-refractivity contribution is 0.112. The minimum atomic E-state index is -0.512. The number of piperidine rings is 1. The highest BCUT2D eigenvalue weighted by Gasteiger charge is 2.21. The van der Waals surface area contributed by atoms with Gasteiger partial charge in [-0.3, -0.25) is 9.10 Å². The standard InChI is InChI=1S/C15H18FN5OS2/c1-9-14(24-12(8-22)18-9)13-11(16)7-17-15(20-13)19-10-3-5-21(23-2)6-4-10/h7-8,10H,3-6H2,1-2H3,(H,17,19,20). The number of thiazole rings is 1. The van der Waals surface area contributed by atoms with Gasteiger partial charge in [-0.05, 0) is 26.0 Å². The van der Waals surface area contributed by atoms with Gasteiger partial charge in [0.25, 0.3) is 0 Å². The van der Waals surface area contributed by atoms with Gasteiger partial charge < -0.3 is 5.32 Å². The molecule has 0 aliphatic carbocycles. The smallest absolute Gasteiger partial charge is 0.223 e. The molecule has 1 saturated heterocycles. The SMILES string of the molecule is CSN1CCC(Nc2ncc(F)c(-c3sc(C=O)nc3C)n2)CC1. The Bertz CT molecular complexity index is 731. The van der Waals surface area contributed by atoms with Gasteiger partial charge in [0, 0.05) is 19.1 Å². The summed E-state index contributed by atoms with van der Waals surface area (Å²) in [5.74, 6) is -0.101. The first kappa shape index (κ1) is 17.2. The lowest BCUT2D eigenvalue weighted by Gasteiger charge is -2.30. The molecule has 128 valence electrons. The average molecular weight is 367 g/mol. The van der Waals surface area contributed by atoms with Gasteiger partial charge in [0.1, 0.15) is 5.69 Å². The predicted molar refractivity (Wildman–Crippen MR) is 95.0 cm³/mol. The lowest BCUT2D eigenvalue weighted by Crippen LogP contribution is -2.35. The Kier molecular flexibility index (Phi) is 5.42. The van der Waals surface area contributed by atoms with Gasteiger partial charge in [0.2, 0.25) is 5.95 Å². The molecule has 9 heteroatoms. The van der Waals surface area contributed by atoms with Gasteiger partial charge in [-0.2, -0.15) is 0 Å². The predicted octanol–water partition coefficient (Wildman–Crippen LogP) is 3.01. The van der Waals surface area contributed by atoms with Crippen molar-refractivity contribution in [2.75, 3.05) is 24.7 Å². The Morgan fingerprint density at radius 3 is 2.79 bits per heavy atom. The van der Waals surface area contributed by atoms with Crippen LogP contribution in [0, 0.1) is 12.7 Å². The van der Waals surface area contributed by atoms with Crippen molar-refractivity contribution >= 4 is 35.5 Å². The molecule has 0 saturated carbocycles. The van der Waals surface area contributed by atoms with Crippen LogP contribution in [0.25, 0.3) is 10.6 Å². The summed E-state index contributed by atoms with van der Waals surface area (Å²) in [6.45, 7) is 3.75. The molecule has 6 nitrogen and oxygen atoms in total. The van der Waals surface area contributed by atoms with Gasteiger partial charge in [0.15, 0.2) is 17.1 Å². The number of anilines is 1. The van der Waals surface area contributed by atoms with Crippen LogP contribution in [-0.4, -0.2) is 50.9 Å². The molecule has 0 amide bonds. The van der Waals surface area contributed by atoms with Crippen molar-refractivity contribution in [2.45, 2.75) is 25.8 Å². The highest BCUT2D eigenvalue weighted by atomic mass is 32.2. The molecular weight excluding hydrogens is 349 g/mol. The number of rotatable bonds is 5. The molecule has 1 aliphatic rings. The maximum absolute atomic E-state index is 14.2. The van der Waals surface area contributed by atoms with Crippen molar-refractivity contribution in [3.63, 3.8) is 0 Å². The van der Waals surface area contributed by atoms with Crippen LogP contribution in [-0.2, 0) is 0 Å². The fourth-order valence-electron chi connectivity index (χ4n) is 2.65. The number of hydrogen-bond acceptors (Lipinski definition) is 8. The molecule has 3 heterocycles. The Morgan fingerprint density at radius 1 is 1.42 bits per heavy atom. The second-order valence-electron chi connectivity index (χ2n) is 5.50. The number of nitrogens with one attached hydrogen (secondary N) is 1. The van der Waals surface area contributed by atoms with Crippen molar-refractivity contribution in [1.82, 2.24) is 19.3 Å². The molecule has 0 aromatic carbocycles. The number of aryl methyl sites for hydroxylation is 1. The van der Waals surface area contributed by atoms with Gasteiger partial charge in [0.05, 0.1) is 16.8 Å². The summed E-state index contributed by atoms with van der Waals surface area (Å²) in [5.41, 5.74) is 0.788. The van der Waals surface area contributed by atoms with E-state index in [4.69, 9.17) is 0 Å². The third-order valence-electron chi connectivity index (χ3n) is 3.92. The van der Waals surface area contributed by atoms with Crippen molar-refractivity contribution in [1.29, 1.82) is 0 Å². The quantitative estimate of drug-likeness (QED) is 0.643. The topological polar surface area (TPSA) is 71.0 Å². The highest BCUT2D eigenvalue weighted by molar-refractivity contribution is 7.96. The van der Waals surface area contributed by atoms with E-state index in [2.05, 4.69) is 30.8 Å². The van der Waals surface area contributed by atoms with Gasteiger partial charge in [-0.25, -0.2) is 19.3 Å². The molecule has 2 aromatic heterocycles. The van der Waals surface area contributed by atoms with Crippen LogP contribution in [0.15, 0.2) is 6.20 Å². The molecule has 0 bridgehead atoms. The van der Waals surface area contributed by atoms with Gasteiger partial charge in [-0.15, -0.1) is 11.3 Å². The van der Waals surface area contributed by atoms with Gasteiger partial charge >= 0.3 is 0 Å². The maximum atomic E-state index is 14.2. The Labute approximate surface area is 148 Å². The van der Waals surface area contributed by atoms with E-state index in [9.17, 15) is 9.18 Å². The summed E-state index contributed by atoms with van der Waals surface area (Å²) in [5, 5.41) is 3.61. The summed E-state index contributed by atoms with van der Waals surface area (Å²) >= 11 is 2.89. The number of hydrogen-bond donors (Lipinski definition) is 1. The minimum absolute atomic E-state index is 0.192. The molecule has 1 fully saturated rings. The second-order valence-corrected chi connectivity index (χ2v) is 7.42. The molecule has 1 N–H and O–H groups in total. The summed E-state index contributed by atoms with van der Waals surface area (Å²) < 4.78 is 16.5. The monoisotopic (exact) mass is 367 g/mol. The first-order valence-corrected chi connectivity index (χ1v) is 9.61. The molecule has 1 aliphatic heterocycles. The minimum Gasteiger partial charge on any atom is -0.351 e. The number of nitrogens with zero attached hydrogens (tertiary/aromatic N) is 4. The number of carbonyl (C=O) groups excluding carboxylic acids is 1. The number of aldehydes is 1. The maximum Gasteiger partial charge on any atom is 0.223 e. The Hall–Kier alpha value is -1.58. The number of carbonyl (C=O) groups is 1. The van der Waals surface area contributed by atoms with Crippen LogP contribution in [0.4, 0.5) is 10.3 Å². The van der Waals surface area contributed by atoms with Crippen LogP contribution in [0.5, 0.6) is 0 Å². The first-order valence-electron chi connectivity index (χ1n) is 7.61. The van der Waals surface area contributed by atoms with Gasteiger partial charge in [-0.1, -0.05) is 11.9 Å². The first-order chi connectivity index (χ1) is 11.6. The fourth-order valence-corrected chi connectivity index (χ4v) is 4.10. The zero-order chi connectivity index (χ0) is 17.1. The van der Waals surface area contributed by atoms with E-state index in [1.54, 1.807) is 18.9 Å². The third-order valence-corrected chi connectivity index (χ3v) is 5.89. The van der Waals surface area contributed by atoms with Crippen LogP contribution in [0.3, 0.4) is 0 Å². The average Bonchev–Trinajstić information content (AvgIpc) is 2.98. The van der Waals surface area contributed by atoms with E-state index < -0.39 is 5.82 Å². The zero-order valence-corrected chi connectivity index (χ0v) is 15.1. The number of aromatic nitrogens is 3. The molecule has 2 aromatic rings. The molecule has 0 radical (unpaired) electrons. The van der Waals surface area contributed by atoms with Crippen LogP contribution >= 0.6 is 23.3 Å². The zero-order valence-electron chi connectivity index (χ0n) is 13.5. The fraction of sp³-hybridized carbons (Fsp3) is 0.467. The Balaban J connectivity index is 1.79. The molecule has 3 rings (SSSR count).